The fourth-order valence-corrected chi connectivity index (χ4v) is 2.28. The summed E-state index contributed by atoms with van der Waals surface area (Å²) >= 11 is 0.786. The van der Waals surface area contributed by atoms with Gasteiger partial charge in [0.1, 0.15) is 0 Å². The van der Waals surface area contributed by atoms with Crippen LogP contribution in [0.2, 0.25) is 3.48 Å². The molecule has 0 amide bonds. The van der Waals surface area contributed by atoms with Crippen LogP contribution in [0.25, 0.3) is 0 Å². The summed E-state index contributed by atoms with van der Waals surface area (Å²) in [5.74, 6) is -0.183. The summed E-state index contributed by atoms with van der Waals surface area (Å²) in [6.45, 7) is 0. The van der Waals surface area contributed by atoms with Gasteiger partial charge in [0.05, 0.1) is 0 Å². The van der Waals surface area contributed by atoms with E-state index in [9.17, 15) is 4.79 Å². The average Bonchev–Trinajstić information content (AvgIpc) is 2.34. The number of hydrogen-bond acceptors (Lipinski definition) is 2. The maximum atomic E-state index is 10.9. The number of ether oxygens (including phenoxy) is 1. The number of carbonyl (C=O) groups is 1. The number of allylic oxidation sites excluding steroid dienone is 3. The SMILES string of the molecule is COC(=O)C1=CC=C[CH]1[Tl]. The van der Waals surface area contributed by atoms with Gasteiger partial charge in [-0.2, -0.15) is 0 Å². The molecule has 10 heavy (non-hydrogen) atoms. The summed E-state index contributed by atoms with van der Waals surface area (Å²) in [4.78, 5) is 10.9. The van der Waals surface area contributed by atoms with Crippen molar-refractivity contribution in [3.63, 3.8) is 0 Å². The van der Waals surface area contributed by atoms with Crippen LogP contribution in [0.3, 0.4) is 0 Å². The van der Waals surface area contributed by atoms with Gasteiger partial charge in [0, 0.05) is 0 Å². The predicted molar refractivity (Wildman–Crippen MR) is 38.7 cm³/mol. The fraction of sp³-hybridized carbons (Fsp3) is 0.286. The van der Waals surface area contributed by atoms with Gasteiger partial charge in [-0.25, -0.2) is 0 Å². The van der Waals surface area contributed by atoms with Crippen molar-refractivity contribution in [2.45, 2.75) is 3.48 Å². The third-order valence-electron chi connectivity index (χ3n) is 1.37. The Balaban J connectivity index is 2.68. The van der Waals surface area contributed by atoms with E-state index in [1.54, 1.807) is 0 Å². The Bertz CT molecular complexity index is 206. The van der Waals surface area contributed by atoms with Crippen LogP contribution in [0, 0.1) is 0 Å². The second-order valence-corrected chi connectivity index (χ2v) is 4.82. The molecule has 1 unspecified atom stereocenters. The van der Waals surface area contributed by atoms with Gasteiger partial charge in [-0.1, -0.05) is 0 Å². The quantitative estimate of drug-likeness (QED) is 0.521. The van der Waals surface area contributed by atoms with Crippen molar-refractivity contribution < 1.29 is 9.53 Å². The predicted octanol–water partition coefficient (Wildman–Crippen LogP) is 0.613. The molecule has 0 aromatic carbocycles. The molecule has 0 saturated carbocycles. The van der Waals surface area contributed by atoms with Crippen molar-refractivity contribution in [3.05, 3.63) is 23.8 Å². The van der Waals surface area contributed by atoms with E-state index in [4.69, 9.17) is 0 Å². The van der Waals surface area contributed by atoms with Crippen LogP contribution in [-0.2, 0) is 9.53 Å². The monoisotopic (exact) mass is 328 g/mol. The maximum absolute atomic E-state index is 10.9. The van der Waals surface area contributed by atoms with Gasteiger partial charge in [-0.05, 0) is 0 Å². The van der Waals surface area contributed by atoms with E-state index in [0.29, 0.717) is 3.48 Å². The summed E-state index contributed by atoms with van der Waals surface area (Å²) in [5.41, 5.74) is 0.813. The van der Waals surface area contributed by atoms with E-state index < -0.39 is 0 Å². The first-order valence-corrected chi connectivity index (χ1v) is 5.57. The standard InChI is InChI=1S/C7H7O2.Tl/c1-9-7(8)6-4-2-3-5-6;/h2-5H,1H3;. The van der Waals surface area contributed by atoms with E-state index in [2.05, 4.69) is 4.74 Å². The Labute approximate surface area is 75.6 Å². The summed E-state index contributed by atoms with van der Waals surface area (Å²) in [7, 11) is 1.42. The van der Waals surface area contributed by atoms with E-state index in [-0.39, 0.29) is 5.97 Å². The molecule has 0 aromatic rings. The Morgan fingerprint density at radius 1 is 1.80 bits per heavy atom. The van der Waals surface area contributed by atoms with Gasteiger partial charge < -0.3 is 0 Å². The summed E-state index contributed by atoms with van der Waals surface area (Å²) in [6.07, 6.45) is 5.78. The molecular weight excluding hydrogens is 320 g/mol. The van der Waals surface area contributed by atoms with Gasteiger partial charge in [-0.15, -0.1) is 0 Å². The molecule has 0 aliphatic heterocycles. The molecular formula is C7H7O2Tl. The second kappa shape index (κ2) is 3.32. The van der Waals surface area contributed by atoms with Crippen LogP contribution in [0.4, 0.5) is 0 Å². The Morgan fingerprint density at radius 2 is 2.50 bits per heavy atom. The van der Waals surface area contributed by atoms with Gasteiger partial charge in [-0.3, -0.25) is 0 Å². The zero-order chi connectivity index (χ0) is 7.56. The summed E-state index contributed by atoms with van der Waals surface area (Å²) in [5, 5.41) is 0. The number of esters is 1. The number of methoxy groups -OCH3 is 1. The van der Waals surface area contributed by atoms with Crippen molar-refractivity contribution >= 4 is 31.7 Å². The van der Waals surface area contributed by atoms with Crippen molar-refractivity contribution in [2.24, 2.45) is 0 Å². The number of carbonyl (C=O) groups excluding carboxylic acids is 1. The zero-order valence-electron chi connectivity index (χ0n) is 5.70. The van der Waals surface area contributed by atoms with Crippen LogP contribution >= 0.6 is 0 Å². The average molecular weight is 328 g/mol. The normalized spacial score (nSPS) is 22.4. The van der Waals surface area contributed by atoms with Gasteiger partial charge in [0.2, 0.25) is 0 Å². The first-order valence-electron chi connectivity index (χ1n) is 2.98. The molecule has 0 saturated heterocycles. The second-order valence-electron chi connectivity index (χ2n) is 2.02. The third-order valence-corrected chi connectivity index (χ3v) is 3.63. The van der Waals surface area contributed by atoms with E-state index in [1.807, 2.05) is 18.2 Å². The molecule has 1 aliphatic carbocycles. The molecule has 1 rings (SSSR count). The fourth-order valence-electron chi connectivity index (χ4n) is 0.816. The molecule has 50 valence electrons. The molecule has 0 fully saturated rings. The molecule has 3 heteroatoms. The number of rotatable bonds is 1. The van der Waals surface area contributed by atoms with Crippen LogP contribution in [0.15, 0.2) is 23.8 Å². The minimum atomic E-state index is -0.183. The van der Waals surface area contributed by atoms with Gasteiger partial charge >= 0.3 is 75.7 Å². The first kappa shape index (κ1) is 7.97. The van der Waals surface area contributed by atoms with Crippen LogP contribution in [0.5, 0.6) is 0 Å². The molecule has 1 atom stereocenters. The van der Waals surface area contributed by atoms with Crippen molar-refractivity contribution in [3.8, 4) is 0 Å². The van der Waals surface area contributed by atoms with E-state index in [1.165, 1.54) is 7.11 Å². The number of hydrogen-bond donors (Lipinski definition) is 0. The van der Waals surface area contributed by atoms with Gasteiger partial charge in [0.25, 0.3) is 0 Å². The van der Waals surface area contributed by atoms with Crippen molar-refractivity contribution in [2.75, 3.05) is 7.11 Å². The van der Waals surface area contributed by atoms with Crippen LogP contribution in [-0.4, -0.2) is 38.8 Å². The van der Waals surface area contributed by atoms with Crippen LogP contribution in [0.1, 0.15) is 0 Å². The Morgan fingerprint density at radius 3 is 2.90 bits per heavy atom. The molecule has 1 aliphatic rings. The molecule has 0 aromatic heterocycles. The van der Waals surface area contributed by atoms with Crippen LogP contribution < -0.4 is 0 Å². The van der Waals surface area contributed by atoms with Gasteiger partial charge in [0.15, 0.2) is 0 Å². The molecule has 0 spiro atoms. The molecule has 0 N–H and O–H groups in total. The first-order chi connectivity index (χ1) is 4.75. The molecule has 0 heterocycles. The van der Waals surface area contributed by atoms with Crippen molar-refractivity contribution in [1.82, 2.24) is 0 Å². The van der Waals surface area contributed by atoms with E-state index in [0.717, 1.165) is 31.3 Å². The molecule has 2 nitrogen and oxygen atoms in total. The minimum absolute atomic E-state index is 0.183. The Hall–Kier alpha value is -0.128. The topological polar surface area (TPSA) is 26.3 Å². The summed E-state index contributed by atoms with van der Waals surface area (Å²) in [6, 6.07) is 0. The molecule has 0 bridgehead atoms. The Kier molecular flexibility index (Phi) is 2.65. The van der Waals surface area contributed by atoms with E-state index >= 15 is 0 Å². The summed E-state index contributed by atoms with van der Waals surface area (Å²) < 4.78 is 4.97. The zero-order valence-corrected chi connectivity index (χ0v) is 10.2. The third kappa shape index (κ3) is 1.48. The molecule has 0 radical (unpaired) electrons. The van der Waals surface area contributed by atoms with Crippen molar-refractivity contribution in [1.29, 1.82) is 0 Å².